The zero-order valence-corrected chi connectivity index (χ0v) is 12.8. The Kier molecular flexibility index (Phi) is 6.48. The number of ether oxygens (including phenoxy) is 1. The third-order valence-corrected chi connectivity index (χ3v) is 3.45. The second kappa shape index (κ2) is 8.60. The minimum absolute atomic E-state index is 0.141. The lowest BCUT2D eigenvalue weighted by Gasteiger charge is -2.25. The van der Waals surface area contributed by atoms with E-state index < -0.39 is 0 Å². The second-order valence-corrected chi connectivity index (χ2v) is 5.24. The van der Waals surface area contributed by atoms with Crippen LogP contribution in [0.15, 0.2) is 29.4 Å². The van der Waals surface area contributed by atoms with Crippen LogP contribution in [0, 0.1) is 5.82 Å². The van der Waals surface area contributed by atoms with E-state index in [1.807, 2.05) is 11.8 Å². The molecule has 6 heteroatoms. The molecule has 1 aromatic rings. The molecule has 0 saturated carbocycles. The van der Waals surface area contributed by atoms with Gasteiger partial charge in [-0.05, 0) is 24.1 Å². The molecule has 0 unspecified atom stereocenters. The van der Waals surface area contributed by atoms with E-state index in [0.717, 1.165) is 37.2 Å². The first-order valence-electron chi connectivity index (χ1n) is 7.60. The van der Waals surface area contributed by atoms with E-state index in [2.05, 4.69) is 10.5 Å². The number of amides is 1. The maximum absolute atomic E-state index is 13.0. The van der Waals surface area contributed by atoms with Gasteiger partial charge < -0.3 is 4.74 Å². The molecular formula is C16H22FN3O2. The lowest BCUT2D eigenvalue weighted by molar-refractivity contribution is -0.123. The van der Waals surface area contributed by atoms with E-state index in [4.69, 9.17) is 4.74 Å². The van der Waals surface area contributed by atoms with E-state index in [-0.39, 0.29) is 11.7 Å². The molecule has 0 aliphatic carbocycles. The number of hydrogen-bond acceptors (Lipinski definition) is 4. The number of halogens is 1. The van der Waals surface area contributed by atoms with E-state index in [1.54, 1.807) is 12.1 Å². The van der Waals surface area contributed by atoms with Crippen molar-refractivity contribution < 1.29 is 13.9 Å². The number of nitrogens with one attached hydrogen (secondary N) is 1. The topological polar surface area (TPSA) is 53.9 Å². The quantitative estimate of drug-likeness (QED) is 0.644. The zero-order valence-electron chi connectivity index (χ0n) is 12.8. The number of rotatable bonds is 6. The first-order valence-corrected chi connectivity index (χ1v) is 7.60. The fourth-order valence-electron chi connectivity index (χ4n) is 2.27. The molecular weight excluding hydrogens is 285 g/mol. The summed E-state index contributed by atoms with van der Waals surface area (Å²) < 4.78 is 18.2. The number of hydrazone groups is 1. The molecule has 0 spiro atoms. The lowest BCUT2D eigenvalue weighted by atomic mass is 10.1. The van der Waals surface area contributed by atoms with Crippen LogP contribution in [-0.2, 0) is 9.53 Å². The minimum atomic E-state index is -0.282. The molecule has 22 heavy (non-hydrogen) atoms. The van der Waals surface area contributed by atoms with Gasteiger partial charge in [0.1, 0.15) is 5.82 Å². The van der Waals surface area contributed by atoms with Crippen LogP contribution in [0.1, 0.15) is 25.3 Å². The molecule has 1 N–H and O–H groups in total. The summed E-state index contributed by atoms with van der Waals surface area (Å²) in [6.07, 6.45) is 1.62. The maximum atomic E-state index is 13.0. The summed E-state index contributed by atoms with van der Waals surface area (Å²) in [5.41, 5.74) is 4.19. The normalized spacial score (nSPS) is 16.5. The van der Waals surface area contributed by atoms with Crippen LogP contribution in [0.2, 0.25) is 0 Å². The Bertz CT molecular complexity index is 511. The van der Waals surface area contributed by atoms with Gasteiger partial charge in [-0.1, -0.05) is 25.5 Å². The highest BCUT2D eigenvalue weighted by atomic mass is 19.1. The van der Waals surface area contributed by atoms with E-state index in [0.29, 0.717) is 19.8 Å². The Labute approximate surface area is 130 Å². The van der Waals surface area contributed by atoms with Gasteiger partial charge in [0, 0.05) is 13.1 Å². The van der Waals surface area contributed by atoms with Crippen LogP contribution >= 0.6 is 0 Å². The van der Waals surface area contributed by atoms with Crippen LogP contribution in [0.3, 0.4) is 0 Å². The van der Waals surface area contributed by atoms with Crippen LogP contribution in [-0.4, -0.2) is 49.4 Å². The van der Waals surface area contributed by atoms with Crippen molar-refractivity contribution in [2.45, 2.75) is 19.8 Å². The van der Waals surface area contributed by atoms with Gasteiger partial charge in [0.05, 0.1) is 25.5 Å². The summed E-state index contributed by atoms with van der Waals surface area (Å²) in [6, 6.07) is 6.15. The van der Waals surface area contributed by atoms with Crippen molar-refractivity contribution in [3.05, 3.63) is 35.6 Å². The van der Waals surface area contributed by atoms with Gasteiger partial charge in [-0.25, -0.2) is 9.82 Å². The SMILES string of the molecule is CCCC(=NNC(=O)CN1CCOCC1)c1ccc(F)cc1. The van der Waals surface area contributed by atoms with Crippen LogP contribution in [0.5, 0.6) is 0 Å². The number of hydrogen-bond donors (Lipinski definition) is 1. The molecule has 1 aromatic carbocycles. The third kappa shape index (κ3) is 5.20. The van der Waals surface area contributed by atoms with Gasteiger partial charge in [-0.15, -0.1) is 0 Å². The van der Waals surface area contributed by atoms with Crippen molar-refractivity contribution in [3.63, 3.8) is 0 Å². The molecule has 5 nitrogen and oxygen atoms in total. The molecule has 0 radical (unpaired) electrons. The summed E-state index contributed by atoms with van der Waals surface area (Å²) in [5, 5.41) is 4.22. The monoisotopic (exact) mass is 307 g/mol. The highest BCUT2D eigenvalue weighted by Gasteiger charge is 2.14. The molecule has 0 aromatic heterocycles. The van der Waals surface area contributed by atoms with E-state index >= 15 is 0 Å². The van der Waals surface area contributed by atoms with Crippen LogP contribution < -0.4 is 5.43 Å². The standard InChI is InChI=1S/C16H22FN3O2/c1-2-3-15(13-4-6-14(17)7-5-13)18-19-16(21)12-20-8-10-22-11-9-20/h4-7H,2-3,8-12H2,1H3,(H,19,21). The van der Waals surface area contributed by atoms with Crippen molar-refractivity contribution in [2.24, 2.45) is 5.10 Å². The highest BCUT2D eigenvalue weighted by molar-refractivity contribution is 6.01. The molecule has 1 amide bonds. The molecule has 1 heterocycles. The first-order chi connectivity index (χ1) is 10.7. The molecule has 1 fully saturated rings. The summed E-state index contributed by atoms with van der Waals surface area (Å²) in [7, 11) is 0. The number of benzene rings is 1. The number of carbonyl (C=O) groups is 1. The minimum Gasteiger partial charge on any atom is -0.379 e. The summed E-state index contributed by atoms with van der Waals surface area (Å²) >= 11 is 0. The fourth-order valence-corrected chi connectivity index (χ4v) is 2.27. The summed E-state index contributed by atoms with van der Waals surface area (Å²) in [5.74, 6) is -0.423. The molecule has 1 aliphatic heterocycles. The molecule has 1 saturated heterocycles. The Hall–Kier alpha value is -1.79. The predicted molar refractivity (Wildman–Crippen MR) is 83.2 cm³/mol. The van der Waals surface area contributed by atoms with E-state index in [9.17, 15) is 9.18 Å². The third-order valence-electron chi connectivity index (χ3n) is 3.45. The van der Waals surface area contributed by atoms with Gasteiger partial charge in [-0.2, -0.15) is 5.10 Å². The van der Waals surface area contributed by atoms with Gasteiger partial charge in [0.2, 0.25) is 0 Å². The summed E-state index contributed by atoms with van der Waals surface area (Å²) in [4.78, 5) is 14.0. The summed E-state index contributed by atoms with van der Waals surface area (Å²) in [6.45, 7) is 5.19. The Morgan fingerprint density at radius 2 is 2.00 bits per heavy atom. The predicted octanol–water partition coefficient (Wildman–Crippen LogP) is 1.78. The molecule has 0 bridgehead atoms. The number of carbonyl (C=O) groups excluding carboxylic acids is 1. The van der Waals surface area contributed by atoms with Gasteiger partial charge in [0.15, 0.2) is 0 Å². The lowest BCUT2D eigenvalue weighted by Crippen LogP contribution is -2.42. The Morgan fingerprint density at radius 1 is 1.32 bits per heavy atom. The Balaban J connectivity index is 1.94. The zero-order chi connectivity index (χ0) is 15.8. The number of morpholine rings is 1. The average molecular weight is 307 g/mol. The van der Waals surface area contributed by atoms with Crippen LogP contribution in [0.25, 0.3) is 0 Å². The molecule has 120 valence electrons. The first kappa shape index (κ1) is 16.6. The average Bonchev–Trinajstić information content (AvgIpc) is 2.53. The second-order valence-electron chi connectivity index (χ2n) is 5.24. The smallest absolute Gasteiger partial charge is 0.254 e. The van der Waals surface area contributed by atoms with Crippen molar-refractivity contribution >= 4 is 11.6 Å². The van der Waals surface area contributed by atoms with Crippen molar-refractivity contribution in [2.75, 3.05) is 32.8 Å². The van der Waals surface area contributed by atoms with Crippen molar-refractivity contribution in [1.82, 2.24) is 10.3 Å². The Morgan fingerprint density at radius 3 is 2.64 bits per heavy atom. The van der Waals surface area contributed by atoms with Crippen molar-refractivity contribution in [1.29, 1.82) is 0 Å². The molecule has 2 rings (SSSR count). The van der Waals surface area contributed by atoms with E-state index in [1.165, 1.54) is 12.1 Å². The van der Waals surface area contributed by atoms with Gasteiger partial charge in [-0.3, -0.25) is 9.69 Å². The maximum Gasteiger partial charge on any atom is 0.254 e. The van der Waals surface area contributed by atoms with Gasteiger partial charge >= 0.3 is 0 Å². The highest BCUT2D eigenvalue weighted by Crippen LogP contribution is 2.08. The van der Waals surface area contributed by atoms with Crippen LogP contribution in [0.4, 0.5) is 4.39 Å². The number of nitrogens with zero attached hydrogens (tertiary/aromatic N) is 2. The fraction of sp³-hybridized carbons (Fsp3) is 0.500. The molecule has 0 atom stereocenters. The largest absolute Gasteiger partial charge is 0.379 e. The van der Waals surface area contributed by atoms with Gasteiger partial charge in [0.25, 0.3) is 5.91 Å². The van der Waals surface area contributed by atoms with Crippen molar-refractivity contribution in [3.8, 4) is 0 Å². The molecule has 1 aliphatic rings.